The van der Waals surface area contributed by atoms with Crippen LogP contribution in [0.4, 0.5) is 21.7 Å². The highest BCUT2D eigenvalue weighted by Crippen LogP contribution is 2.19. The van der Waals surface area contributed by atoms with E-state index < -0.39 is 0 Å². The van der Waals surface area contributed by atoms with Gasteiger partial charge in [0.1, 0.15) is 5.82 Å². The minimum atomic E-state index is -0.357. The van der Waals surface area contributed by atoms with E-state index in [0.29, 0.717) is 17.2 Å². The van der Waals surface area contributed by atoms with Crippen LogP contribution in [0.1, 0.15) is 22.8 Å². The number of benzene rings is 2. The van der Waals surface area contributed by atoms with Gasteiger partial charge in [0.15, 0.2) is 0 Å². The molecule has 0 bridgehead atoms. The second-order valence-corrected chi connectivity index (χ2v) is 5.39. The molecule has 1 heterocycles. The number of carbonyl (C=O) groups is 1. The lowest BCUT2D eigenvalue weighted by Crippen LogP contribution is -2.13. The zero-order chi connectivity index (χ0) is 17.6. The molecule has 0 radical (unpaired) electrons. The van der Waals surface area contributed by atoms with Gasteiger partial charge in [0, 0.05) is 23.8 Å². The van der Waals surface area contributed by atoms with Gasteiger partial charge in [0.05, 0.1) is 5.56 Å². The van der Waals surface area contributed by atoms with Crippen molar-refractivity contribution in [3.8, 4) is 0 Å². The summed E-state index contributed by atoms with van der Waals surface area (Å²) in [5, 5.41) is 5.82. The molecule has 3 aromatic rings. The highest BCUT2D eigenvalue weighted by Gasteiger charge is 2.09. The first-order valence-corrected chi connectivity index (χ1v) is 7.89. The SMILES string of the molecule is CCc1ccccc1Nc1ncc(C(=O)Nc2ccc(F)cc2)cn1. The van der Waals surface area contributed by atoms with Crippen LogP contribution in [0.15, 0.2) is 60.9 Å². The third kappa shape index (κ3) is 4.17. The molecule has 0 atom stereocenters. The van der Waals surface area contributed by atoms with Crippen LogP contribution in [0.5, 0.6) is 0 Å². The maximum Gasteiger partial charge on any atom is 0.258 e. The van der Waals surface area contributed by atoms with Crippen LogP contribution in [-0.4, -0.2) is 15.9 Å². The Morgan fingerprint density at radius 3 is 2.40 bits per heavy atom. The molecule has 3 rings (SSSR count). The van der Waals surface area contributed by atoms with Crippen LogP contribution < -0.4 is 10.6 Å². The van der Waals surface area contributed by atoms with E-state index >= 15 is 0 Å². The highest BCUT2D eigenvalue weighted by atomic mass is 19.1. The van der Waals surface area contributed by atoms with Crippen molar-refractivity contribution < 1.29 is 9.18 Å². The number of rotatable bonds is 5. The third-order valence-electron chi connectivity index (χ3n) is 3.66. The van der Waals surface area contributed by atoms with E-state index in [4.69, 9.17) is 0 Å². The van der Waals surface area contributed by atoms with E-state index in [1.165, 1.54) is 36.7 Å². The standard InChI is InChI=1S/C19H17FN4O/c1-2-13-5-3-4-6-17(13)24-19-21-11-14(12-22-19)18(25)23-16-9-7-15(20)8-10-16/h3-12H,2H2,1H3,(H,23,25)(H,21,22,24). The van der Waals surface area contributed by atoms with Gasteiger partial charge in [0.25, 0.3) is 5.91 Å². The van der Waals surface area contributed by atoms with Crippen LogP contribution in [0.25, 0.3) is 0 Å². The van der Waals surface area contributed by atoms with E-state index in [1.807, 2.05) is 24.3 Å². The fraction of sp³-hybridized carbons (Fsp3) is 0.105. The number of hydrogen-bond donors (Lipinski definition) is 2. The van der Waals surface area contributed by atoms with Crippen molar-refractivity contribution in [3.05, 3.63) is 77.9 Å². The topological polar surface area (TPSA) is 66.9 Å². The first kappa shape index (κ1) is 16.6. The number of aromatic nitrogens is 2. The average Bonchev–Trinajstić information content (AvgIpc) is 2.64. The zero-order valence-electron chi connectivity index (χ0n) is 13.7. The quantitative estimate of drug-likeness (QED) is 0.734. The van der Waals surface area contributed by atoms with Crippen molar-refractivity contribution in [3.63, 3.8) is 0 Å². The molecule has 0 aliphatic heterocycles. The second kappa shape index (κ2) is 7.53. The summed E-state index contributed by atoms with van der Waals surface area (Å²) in [6.45, 7) is 2.07. The predicted molar refractivity (Wildman–Crippen MR) is 95.5 cm³/mol. The van der Waals surface area contributed by atoms with Crippen LogP contribution in [0, 0.1) is 5.82 Å². The number of nitrogens with zero attached hydrogens (tertiary/aromatic N) is 2. The molecule has 0 unspecified atom stereocenters. The smallest absolute Gasteiger partial charge is 0.258 e. The van der Waals surface area contributed by atoms with E-state index in [2.05, 4.69) is 27.5 Å². The van der Waals surface area contributed by atoms with Crippen molar-refractivity contribution in [2.24, 2.45) is 0 Å². The van der Waals surface area contributed by atoms with Crippen molar-refractivity contribution in [1.29, 1.82) is 0 Å². The van der Waals surface area contributed by atoms with Crippen molar-refractivity contribution in [2.75, 3.05) is 10.6 Å². The summed E-state index contributed by atoms with van der Waals surface area (Å²) < 4.78 is 12.9. The molecule has 0 spiro atoms. The normalized spacial score (nSPS) is 10.3. The Morgan fingerprint density at radius 2 is 1.72 bits per heavy atom. The molecule has 1 amide bonds. The lowest BCUT2D eigenvalue weighted by Gasteiger charge is -2.09. The first-order chi connectivity index (χ1) is 12.2. The number of aryl methyl sites for hydroxylation is 1. The van der Waals surface area contributed by atoms with Gasteiger partial charge in [-0.3, -0.25) is 4.79 Å². The molecular formula is C19H17FN4O. The van der Waals surface area contributed by atoms with Gasteiger partial charge >= 0.3 is 0 Å². The van der Waals surface area contributed by atoms with Crippen LogP contribution in [-0.2, 0) is 6.42 Å². The number of anilines is 3. The van der Waals surface area contributed by atoms with Crippen molar-refractivity contribution in [2.45, 2.75) is 13.3 Å². The summed E-state index contributed by atoms with van der Waals surface area (Å²) >= 11 is 0. The Labute approximate surface area is 145 Å². The molecule has 2 N–H and O–H groups in total. The van der Waals surface area contributed by atoms with Gasteiger partial charge in [-0.15, -0.1) is 0 Å². The Balaban J connectivity index is 1.69. The van der Waals surface area contributed by atoms with Crippen LogP contribution in [0.3, 0.4) is 0 Å². The molecule has 0 saturated heterocycles. The van der Waals surface area contributed by atoms with Gasteiger partial charge in [-0.05, 0) is 42.3 Å². The van der Waals surface area contributed by atoms with E-state index in [9.17, 15) is 9.18 Å². The summed E-state index contributed by atoms with van der Waals surface area (Å²) in [4.78, 5) is 20.5. The maximum atomic E-state index is 12.9. The molecule has 5 nitrogen and oxygen atoms in total. The van der Waals surface area contributed by atoms with Crippen molar-refractivity contribution in [1.82, 2.24) is 9.97 Å². The zero-order valence-corrected chi connectivity index (χ0v) is 13.7. The lowest BCUT2D eigenvalue weighted by atomic mass is 10.1. The van der Waals surface area contributed by atoms with Gasteiger partial charge in [-0.25, -0.2) is 14.4 Å². The highest BCUT2D eigenvalue weighted by molar-refractivity contribution is 6.03. The van der Waals surface area contributed by atoms with E-state index in [-0.39, 0.29) is 11.7 Å². The van der Waals surface area contributed by atoms with Gasteiger partial charge < -0.3 is 10.6 Å². The van der Waals surface area contributed by atoms with E-state index in [1.54, 1.807) is 0 Å². The third-order valence-corrected chi connectivity index (χ3v) is 3.66. The van der Waals surface area contributed by atoms with Crippen molar-refractivity contribution >= 4 is 23.2 Å². The fourth-order valence-electron chi connectivity index (χ4n) is 2.32. The maximum absolute atomic E-state index is 12.9. The molecule has 25 heavy (non-hydrogen) atoms. The Hall–Kier alpha value is -3.28. The van der Waals surface area contributed by atoms with Crippen LogP contribution in [0.2, 0.25) is 0 Å². The number of carbonyl (C=O) groups excluding carboxylic acids is 1. The number of para-hydroxylation sites is 1. The minimum Gasteiger partial charge on any atom is -0.324 e. The van der Waals surface area contributed by atoms with Gasteiger partial charge in [0.2, 0.25) is 5.95 Å². The largest absolute Gasteiger partial charge is 0.324 e. The molecule has 126 valence electrons. The second-order valence-electron chi connectivity index (χ2n) is 5.39. The Kier molecular flexibility index (Phi) is 4.99. The summed E-state index contributed by atoms with van der Waals surface area (Å²) in [7, 11) is 0. The summed E-state index contributed by atoms with van der Waals surface area (Å²) in [6.07, 6.45) is 3.78. The molecule has 0 aliphatic carbocycles. The lowest BCUT2D eigenvalue weighted by molar-refractivity contribution is 0.102. The molecular weight excluding hydrogens is 319 g/mol. The van der Waals surface area contributed by atoms with Gasteiger partial charge in [-0.2, -0.15) is 0 Å². The summed E-state index contributed by atoms with van der Waals surface area (Å²) in [6, 6.07) is 13.5. The number of hydrogen-bond acceptors (Lipinski definition) is 4. The van der Waals surface area contributed by atoms with Gasteiger partial charge in [-0.1, -0.05) is 25.1 Å². The molecule has 1 aromatic heterocycles. The summed E-state index contributed by atoms with van der Waals surface area (Å²) in [5.41, 5.74) is 2.92. The molecule has 0 aliphatic rings. The fourth-order valence-corrected chi connectivity index (χ4v) is 2.32. The van der Waals surface area contributed by atoms with Crippen LogP contribution >= 0.6 is 0 Å². The predicted octanol–water partition coefficient (Wildman–Crippen LogP) is 4.17. The number of halogens is 1. The Bertz CT molecular complexity index is 863. The number of amides is 1. The minimum absolute atomic E-state index is 0.318. The first-order valence-electron chi connectivity index (χ1n) is 7.89. The molecule has 6 heteroatoms. The summed E-state index contributed by atoms with van der Waals surface area (Å²) in [5.74, 6) is -0.296. The average molecular weight is 336 g/mol. The molecule has 2 aromatic carbocycles. The monoisotopic (exact) mass is 336 g/mol. The van der Waals surface area contributed by atoms with E-state index in [0.717, 1.165) is 17.7 Å². The number of nitrogens with one attached hydrogen (secondary N) is 2. The Morgan fingerprint density at radius 1 is 1.04 bits per heavy atom. The molecule has 0 saturated carbocycles. The molecule has 0 fully saturated rings.